The molecule has 3 aromatic heterocycles. The molecular formula is C18H24N6O4S. The van der Waals surface area contributed by atoms with E-state index in [1.807, 2.05) is 11.3 Å². The highest BCUT2D eigenvalue weighted by Gasteiger charge is 2.41. The first-order valence-electron chi connectivity index (χ1n) is 9.53. The first kappa shape index (κ1) is 18.5. The van der Waals surface area contributed by atoms with E-state index in [-0.39, 0.29) is 17.8 Å². The van der Waals surface area contributed by atoms with Crippen LogP contribution in [0.2, 0.25) is 0 Å². The number of ether oxygens (including phenoxy) is 1. The van der Waals surface area contributed by atoms with Crippen molar-refractivity contribution in [3.8, 4) is 11.6 Å². The van der Waals surface area contributed by atoms with Gasteiger partial charge in [-0.3, -0.25) is 4.40 Å². The number of morpholine rings is 1. The van der Waals surface area contributed by atoms with Crippen LogP contribution in [-0.2, 0) is 14.8 Å². The lowest BCUT2D eigenvalue weighted by atomic mass is 10.3. The number of fused-ring (bicyclic) bond motifs is 1. The summed E-state index contributed by atoms with van der Waals surface area (Å²) in [7, 11) is -3.70. The van der Waals surface area contributed by atoms with Crippen molar-refractivity contribution in [3.63, 3.8) is 0 Å². The van der Waals surface area contributed by atoms with Crippen molar-refractivity contribution in [1.29, 1.82) is 0 Å². The quantitative estimate of drug-likeness (QED) is 0.662. The monoisotopic (exact) mass is 420 g/mol. The Morgan fingerprint density at radius 1 is 1.21 bits per heavy atom. The van der Waals surface area contributed by atoms with Crippen LogP contribution in [0.15, 0.2) is 27.8 Å². The molecule has 29 heavy (non-hydrogen) atoms. The van der Waals surface area contributed by atoms with Gasteiger partial charge < -0.3 is 14.1 Å². The van der Waals surface area contributed by atoms with Crippen LogP contribution in [0.1, 0.15) is 27.1 Å². The van der Waals surface area contributed by atoms with Crippen LogP contribution in [0.5, 0.6) is 0 Å². The molecule has 0 unspecified atom stereocenters. The van der Waals surface area contributed by atoms with Gasteiger partial charge >= 0.3 is 0 Å². The van der Waals surface area contributed by atoms with Crippen LogP contribution in [-0.4, -0.2) is 59.8 Å². The Kier molecular flexibility index (Phi) is 4.16. The van der Waals surface area contributed by atoms with Gasteiger partial charge in [0.1, 0.15) is 12.1 Å². The van der Waals surface area contributed by atoms with Crippen molar-refractivity contribution in [2.45, 2.75) is 37.1 Å². The number of aromatic nitrogens is 4. The Hall–Kier alpha value is -2.50. The van der Waals surface area contributed by atoms with E-state index in [4.69, 9.17) is 9.15 Å². The molecule has 0 bridgehead atoms. The fourth-order valence-corrected chi connectivity index (χ4v) is 4.97. The molecule has 5 rings (SSSR count). The smallest absolute Gasteiger partial charge is 0.268 e. The number of hydrogen-bond acceptors (Lipinski definition) is 8. The van der Waals surface area contributed by atoms with Crippen LogP contribution in [0, 0.1) is 6.92 Å². The Morgan fingerprint density at radius 3 is 2.62 bits per heavy atom. The van der Waals surface area contributed by atoms with Gasteiger partial charge in [-0.05, 0) is 31.9 Å². The highest BCUT2D eigenvalue weighted by molar-refractivity contribution is 7.89. The zero-order valence-electron chi connectivity index (χ0n) is 16.3. The minimum Gasteiger partial charge on any atom is -0.420 e. The lowest BCUT2D eigenvalue weighted by Gasteiger charge is -2.29. The molecule has 1 aliphatic heterocycles. The van der Waals surface area contributed by atoms with Crippen LogP contribution in [0.25, 0.3) is 17.1 Å². The van der Waals surface area contributed by atoms with Crippen molar-refractivity contribution in [2.75, 3.05) is 31.2 Å². The number of nitrogens with one attached hydrogen (secondary N) is 1. The van der Waals surface area contributed by atoms with Crippen LogP contribution in [0.3, 0.4) is 0 Å². The van der Waals surface area contributed by atoms with E-state index in [9.17, 15) is 8.42 Å². The average molecular weight is 420 g/mol. The topological polar surface area (TPSA) is 115 Å². The maximum Gasteiger partial charge on any atom is 0.268 e. The first-order chi connectivity index (χ1) is 13.8. The number of aryl methyl sites for hydroxylation is 1. The summed E-state index contributed by atoms with van der Waals surface area (Å²) in [6.45, 7) is 6.10. The van der Waals surface area contributed by atoms with Gasteiger partial charge in [0, 0.05) is 27.0 Å². The Labute approximate surface area is 169 Å². The molecule has 1 aliphatic carbocycles. The molecule has 0 amide bonds. The van der Waals surface area contributed by atoms with Gasteiger partial charge in [0.25, 0.3) is 5.89 Å². The van der Waals surface area contributed by atoms with Crippen molar-refractivity contribution in [2.24, 2.45) is 0 Å². The summed E-state index contributed by atoms with van der Waals surface area (Å²) in [4.78, 5) is 6.73. The molecule has 1 saturated carbocycles. The van der Waals surface area contributed by atoms with Crippen molar-refractivity contribution < 1.29 is 19.0 Å². The summed E-state index contributed by atoms with van der Waals surface area (Å²) >= 11 is 0. The van der Waals surface area contributed by atoms with E-state index in [0.717, 1.165) is 18.7 Å². The molecule has 0 radical (unpaired) electrons. The zero-order valence-corrected chi connectivity index (χ0v) is 17.1. The third kappa shape index (κ3) is 3.38. The number of imidazole rings is 1. The third-order valence-electron chi connectivity index (χ3n) is 5.36. The Bertz CT molecular complexity index is 1180. The van der Waals surface area contributed by atoms with E-state index >= 15 is 0 Å². The zero-order chi connectivity index (χ0) is 20.2. The molecule has 3 aromatic rings. The molecule has 4 heterocycles. The molecule has 2 fully saturated rings. The van der Waals surface area contributed by atoms with E-state index in [1.54, 1.807) is 25.4 Å². The minimum absolute atomic E-state index is 0. The maximum atomic E-state index is 13.1. The molecule has 0 atom stereocenters. The molecule has 11 heteroatoms. The fraction of sp³-hybridized carbons (Fsp3) is 0.500. The number of hydrogen-bond donors (Lipinski definition) is 1. The van der Waals surface area contributed by atoms with Crippen LogP contribution >= 0.6 is 0 Å². The summed E-state index contributed by atoms with van der Waals surface area (Å²) < 4.78 is 41.9. The van der Waals surface area contributed by atoms with Gasteiger partial charge in [0.05, 0.1) is 23.6 Å². The van der Waals surface area contributed by atoms with Gasteiger partial charge in [0.15, 0.2) is 5.69 Å². The van der Waals surface area contributed by atoms with Gasteiger partial charge in [-0.1, -0.05) is 0 Å². The lowest BCUT2D eigenvalue weighted by Crippen LogP contribution is -2.38. The van der Waals surface area contributed by atoms with Gasteiger partial charge in [0.2, 0.25) is 15.9 Å². The van der Waals surface area contributed by atoms with Crippen molar-refractivity contribution in [3.05, 3.63) is 24.4 Å². The van der Waals surface area contributed by atoms with Crippen molar-refractivity contribution >= 4 is 21.4 Å². The van der Waals surface area contributed by atoms with E-state index in [2.05, 4.69) is 24.8 Å². The predicted molar refractivity (Wildman–Crippen MR) is 106 cm³/mol. The summed E-state index contributed by atoms with van der Waals surface area (Å²) in [6.07, 6.45) is 3.33. The summed E-state index contributed by atoms with van der Waals surface area (Å²) in [6, 6.07) is 3.30. The highest BCUT2D eigenvalue weighted by Crippen LogP contribution is 2.37. The molecule has 0 spiro atoms. The molecule has 0 aromatic carbocycles. The number of nitrogens with zero attached hydrogens (tertiary/aromatic N) is 5. The predicted octanol–water partition coefficient (Wildman–Crippen LogP) is 1.61. The average Bonchev–Trinajstić information content (AvgIpc) is 3.07. The van der Waals surface area contributed by atoms with Gasteiger partial charge in [-0.2, -0.15) is 0 Å². The largest absolute Gasteiger partial charge is 0.420 e. The van der Waals surface area contributed by atoms with Crippen LogP contribution in [0.4, 0.5) is 5.82 Å². The SMILES string of the molecule is Cc1nnc(-c2ncn3c(N4CCOCC4)cc(S(=O)(=O)NC4(C)CC4)cc23)o1.[HH]. The normalized spacial score (nSPS) is 19.0. The minimum atomic E-state index is -3.70. The summed E-state index contributed by atoms with van der Waals surface area (Å²) in [5, 5.41) is 7.92. The summed E-state index contributed by atoms with van der Waals surface area (Å²) in [5.74, 6) is 1.42. The number of anilines is 1. The lowest BCUT2D eigenvalue weighted by molar-refractivity contribution is 0.122. The van der Waals surface area contributed by atoms with Gasteiger partial charge in [-0.15, -0.1) is 10.2 Å². The number of pyridine rings is 1. The molecule has 1 N–H and O–H groups in total. The van der Waals surface area contributed by atoms with E-state index in [0.29, 0.717) is 43.4 Å². The Morgan fingerprint density at radius 2 is 1.97 bits per heavy atom. The third-order valence-corrected chi connectivity index (χ3v) is 6.97. The Balaban J connectivity index is 0.00000218. The van der Waals surface area contributed by atoms with Crippen molar-refractivity contribution in [1.82, 2.24) is 24.3 Å². The van der Waals surface area contributed by atoms with E-state index in [1.165, 1.54) is 0 Å². The number of rotatable bonds is 5. The molecule has 1 saturated heterocycles. The second-order valence-corrected chi connectivity index (χ2v) is 9.47. The van der Waals surface area contributed by atoms with E-state index < -0.39 is 10.0 Å². The molecule has 156 valence electrons. The number of sulfonamides is 1. The first-order valence-corrected chi connectivity index (χ1v) is 11.0. The van der Waals surface area contributed by atoms with Crippen LogP contribution < -0.4 is 9.62 Å². The second-order valence-electron chi connectivity index (χ2n) is 7.79. The molecule has 10 nitrogen and oxygen atoms in total. The fourth-order valence-electron chi connectivity index (χ4n) is 3.47. The summed E-state index contributed by atoms with van der Waals surface area (Å²) in [5.41, 5.74) is 0.685. The second kappa shape index (κ2) is 6.51. The highest BCUT2D eigenvalue weighted by atomic mass is 32.2. The standard InChI is InChI=1S/C18H22N6O4S.H2/c1-12-20-21-17(28-12)16-14-9-13(29(25,26)22-18(2)3-4-18)10-15(24(14)11-19-16)23-5-7-27-8-6-23;/h9-11,22H,3-8H2,1-2H3;1H. The maximum absolute atomic E-state index is 13.1. The molecule has 2 aliphatic rings. The molecular weight excluding hydrogens is 396 g/mol. The van der Waals surface area contributed by atoms with Gasteiger partial charge in [-0.25, -0.2) is 18.1 Å².